The molecule has 0 aromatic heterocycles. The molecule has 0 bridgehead atoms. The van der Waals surface area contributed by atoms with Crippen LogP contribution in [0.25, 0.3) is 0 Å². The highest BCUT2D eigenvalue weighted by Crippen LogP contribution is 2.27. The average Bonchev–Trinajstić information content (AvgIpc) is 3.15. The van der Waals surface area contributed by atoms with E-state index in [0.717, 1.165) is 5.56 Å². The van der Waals surface area contributed by atoms with Gasteiger partial charge in [-0.2, -0.15) is 9.57 Å². The first kappa shape index (κ1) is 19.4. The van der Waals surface area contributed by atoms with Gasteiger partial charge in [-0.05, 0) is 54.8 Å². The number of hydrogen-bond donors (Lipinski definition) is 1. The van der Waals surface area contributed by atoms with Crippen molar-refractivity contribution in [2.45, 2.75) is 30.2 Å². The van der Waals surface area contributed by atoms with Crippen LogP contribution in [0.2, 0.25) is 5.02 Å². The maximum Gasteiger partial charge on any atom is 0.243 e. The lowest BCUT2D eigenvalue weighted by atomic mass is 10.1. The Balaban J connectivity index is 1.76. The van der Waals surface area contributed by atoms with Crippen LogP contribution >= 0.6 is 11.6 Å². The molecule has 1 unspecified atom stereocenters. The molecule has 2 aromatic carbocycles. The van der Waals surface area contributed by atoms with E-state index in [2.05, 4.69) is 11.4 Å². The lowest BCUT2D eigenvalue weighted by Gasteiger charge is -2.23. The summed E-state index contributed by atoms with van der Waals surface area (Å²) in [5, 5.41) is 11.9. The smallest absolute Gasteiger partial charge is 0.243 e. The number of nitrogens with zero attached hydrogens (tertiary/aromatic N) is 2. The standard InChI is InChI=1S/C19H18ClN3O3S/c20-15-5-9-17(10-6-15)27(25,26)23-13-1-2-18(23)19(24)22-16-7-3-14(4-8-16)11-12-21/h3-10,18H,1-2,11,13H2,(H,22,24). The van der Waals surface area contributed by atoms with Crippen molar-refractivity contribution in [3.8, 4) is 6.07 Å². The molecule has 140 valence electrons. The van der Waals surface area contributed by atoms with Crippen molar-refractivity contribution in [1.29, 1.82) is 5.26 Å². The molecule has 1 heterocycles. The Bertz CT molecular complexity index is 967. The van der Waals surface area contributed by atoms with E-state index in [-0.39, 0.29) is 10.8 Å². The minimum atomic E-state index is -3.78. The molecule has 1 amide bonds. The third-order valence-corrected chi connectivity index (χ3v) is 6.61. The second-order valence-corrected chi connectivity index (χ2v) is 8.58. The molecule has 2 aromatic rings. The molecule has 1 fully saturated rings. The number of anilines is 1. The molecular weight excluding hydrogens is 386 g/mol. The van der Waals surface area contributed by atoms with Crippen LogP contribution in [-0.2, 0) is 21.2 Å². The zero-order chi connectivity index (χ0) is 19.4. The molecule has 1 N–H and O–H groups in total. The van der Waals surface area contributed by atoms with Gasteiger partial charge in [0.05, 0.1) is 17.4 Å². The molecule has 0 aliphatic carbocycles. The molecule has 1 atom stereocenters. The van der Waals surface area contributed by atoms with Gasteiger partial charge in [0.25, 0.3) is 0 Å². The highest BCUT2D eigenvalue weighted by Gasteiger charge is 2.39. The minimum Gasteiger partial charge on any atom is -0.325 e. The van der Waals surface area contributed by atoms with Gasteiger partial charge in [-0.15, -0.1) is 0 Å². The number of halogens is 1. The van der Waals surface area contributed by atoms with E-state index >= 15 is 0 Å². The molecule has 8 heteroatoms. The summed E-state index contributed by atoms with van der Waals surface area (Å²) in [5.41, 5.74) is 1.42. The first-order chi connectivity index (χ1) is 12.9. The van der Waals surface area contributed by atoms with Gasteiger partial charge in [-0.1, -0.05) is 23.7 Å². The van der Waals surface area contributed by atoms with Crippen LogP contribution in [0.5, 0.6) is 0 Å². The molecule has 0 spiro atoms. The van der Waals surface area contributed by atoms with Crippen LogP contribution in [0.1, 0.15) is 18.4 Å². The van der Waals surface area contributed by atoms with Crippen molar-refractivity contribution >= 4 is 33.2 Å². The highest BCUT2D eigenvalue weighted by molar-refractivity contribution is 7.89. The number of carbonyl (C=O) groups excluding carboxylic acids is 1. The van der Waals surface area contributed by atoms with Gasteiger partial charge in [0.1, 0.15) is 6.04 Å². The summed E-state index contributed by atoms with van der Waals surface area (Å²) in [6, 6.07) is 14.2. The predicted octanol–water partition coefficient (Wildman–Crippen LogP) is 3.20. The third-order valence-electron chi connectivity index (χ3n) is 4.43. The molecule has 3 rings (SSSR count). The maximum atomic E-state index is 12.9. The fourth-order valence-electron chi connectivity index (χ4n) is 3.05. The summed E-state index contributed by atoms with van der Waals surface area (Å²) in [7, 11) is -3.78. The zero-order valence-electron chi connectivity index (χ0n) is 14.4. The third kappa shape index (κ3) is 4.30. The van der Waals surface area contributed by atoms with Gasteiger partial charge in [0.15, 0.2) is 0 Å². The molecule has 1 aliphatic heterocycles. The summed E-state index contributed by atoms with van der Waals surface area (Å²) in [4.78, 5) is 12.8. The first-order valence-electron chi connectivity index (χ1n) is 8.46. The van der Waals surface area contributed by atoms with Crippen LogP contribution in [0.4, 0.5) is 5.69 Å². The predicted molar refractivity (Wildman–Crippen MR) is 103 cm³/mol. The van der Waals surface area contributed by atoms with Gasteiger partial charge in [-0.25, -0.2) is 8.42 Å². The second-order valence-electron chi connectivity index (χ2n) is 6.25. The Morgan fingerprint density at radius 3 is 2.48 bits per heavy atom. The van der Waals surface area contributed by atoms with Gasteiger partial charge in [0.2, 0.25) is 15.9 Å². The normalized spacial score (nSPS) is 17.4. The van der Waals surface area contributed by atoms with E-state index in [0.29, 0.717) is 36.5 Å². The van der Waals surface area contributed by atoms with Crippen molar-refractivity contribution in [1.82, 2.24) is 4.31 Å². The summed E-state index contributed by atoms with van der Waals surface area (Å²) in [6.45, 7) is 0.296. The fraction of sp³-hybridized carbons (Fsp3) is 0.263. The Morgan fingerprint density at radius 1 is 1.19 bits per heavy atom. The number of nitriles is 1. The van der Waals surface area contributed by atoms with Crippen molar-refractivity contribution in [3.05, 3.63) is 59.1 Å². The Morgan fingerprint density at radius 2 is 1.85 bits per heavy atom. The first-order valence-corrected chi connectivity index (χ1v) is 10.3. The van der Waals surface area contributed by atoms with Crippen molar-refractivity contribution in [3.63, 3.8) is 0 Å². The number of nitrogens with one attached hydrogen (secondary N) is 1. The summed E-state index contributed by atoms with van der Waals surface area (Å²) < 4.78 is 27.0. The number of rotatable bonds is 5. The van der Waals surface area contributed by atoms with Crippen LogP contribution in [0, 0.1) is 11.3 Å². The highest BCUT2D eigenvalue weighted by atomic mass is 35.5. The number of hydrogen-bond acceptors (Lipinski definition) is 4. The number of sulfonamides is 1. The van der Waals surface area contributed by atoms with Gasteiger partial charge < -0.3 is 5.32 Å². The molecule has 27 heavy (non-hydrogen) atoms. The SMILES string of the molecule is N#CCc1ccc(NC(=O)C2CCCN2S(=O)(=O)c2ccc(Cl)cc2)cc1. The van der Waals surface area contributed by atoms with Crippen LogP contribution in [0.3, 0.4) is 0 Å². The maximum absolute atomic E-state index is 12.9. The Labute approximate surface area is 163 Å². The minimum absolute atomic E-state index is 0.118. The zero-order valence-corrected chi connectivity index (χ0v) is 16.0. The average molecular weight is 404 g/mol. The lowest BCUT2D eigenvalue weighted by molar-refractivity contribution is -0.119. The quantitative estimate of drug-likeness (QED) is 0.829. The molecule has 1 saturated heterocycles. The van der Waals surface area contributed by atoms with Gasteiger partial charge in [0, 0.05) is 17.3 Å². The summed E-state index contributed by atoms with van der Waals surface area (Å²) in [6.07, 6.45) is 1.38. The fourth-order valence-corrected chi connectivity index (χ4v) is 4.84. The van der Waals surface area contributed by atoms with E-state index in [1.165, 1.54) is 28.6 Å². The van der Waals surface area contributed by atoms with Crippen molar-refractivity contribution in [2.75, 3.05) is 11.9 Å². The number of amides is 1. The van der Waals surface area contributed by atoms with Crippen molar-refractivity contribution < 1.29 is 13.2 Å². The molecule has 0 radical (unpaired) electrons. The topological polar surface area (TPSA) is 90.3 Å². The largest absolute Gasteiger partial charge is 0.325 e. The number of carbonyl (C=O) groups is 1. The van der Waals surface area contributed by atoms with Crippen LogP contribution < -0.4 is 5.32 Å². The van der Waals surface area contributed by atoms with E-state index in [1.54, 1.807) is 24.3 Å². The van der Waals surface area contributed by atoms with E-state index < -0.39 is 16.1 Å². The van der Waals surface area contributed by atoms with Crippen LogP contribution in [0.15, 0.2) is 53.4 Å². The summed E-state index contributed by atoms with van der Waals surface area (Å²) >= 11 is 5.83. The van der Waals surface area contributed by atoms with Crippen molar-refractivity contribution in [2.24, 2.45) is 0 Å². The lowest BCUT2D eigenvalue weighted by Crippen LogP contribution is -2.43. The van der Waals surface area contributed by atoms with E-state index in [1.807, 2.05) is 0 Å². The monoisotopic (exact) mass is 403 g/mol. The number of benzene rings is 2. The molecule has 1 aliphatic rings. The molecule has 6 nitrogen and oxygen atoms in total. The Hall–Kier alpha value is -2.40. The van der Waals surface area contributed by atoms with Crippen LogP contribution in [-0.4, -0.2) is 31.2 Å². The van der Waals surface area contributed by atoms with E-state index in [9.17, 15) is 13.2 Å². The molecule has 0 saturated carbocycles. The second kappa shape index (κ2) is 8.09. The van der Waals surface area contributed by atoms with E-state index in [4.69, 9.17) is 16.9 Å². The summed E-state index contributed by atoms with van der Waals surface area (Å²) in [5.74, 6) is -0.363. The Kier molecular flexibility index (Phi) is 5.80. The van der Waals surface area contributed by atoms with Gasteiger partial charge >= 0.3 is 0 Å². The molecular formula is C19H18ClN3O3S. The van der Waals surface area contributed by atoms with Gasteiger partial charge in [-0.3, -0.25) is 4.79 Å².